The molecule has 3 nitrogen and oxygen atoms in total. The first kappa shape index (κ1) is 15.0. The predicted octanol–water partition coefficient (Wildman–Crippen LogP) is 1.92. The molecule has 5 heteroatoms. The van der Waals surface area contributed by atoms with Gasteiger partial charge in [-0.2, -0.15) is 0 Å². The quantitative estimate of drug-likeness (QED) is 0.726. The van der Waals surface area contributed by atoms with E-state index in [1.165, 1.54) is 0 Å². The van der Waals surface area contributed by atoms with Crippen LogP contribution in [0, 0.1) is 11.6 Å². The van der Waals surface area contributed by atoms with E-state index in [4.69, 9.17) is 9.47 Å². The second-order valence-electron chi connectivity index (χ2n) is 3.99. The van der Waals surface area contributed by atoms with Gasteiger partial charge in [-0.1, -0.05) is 0 Å². The van der Waals surface area contributed by atoms with Gasteiger partial charge in [0.15, 0.2) is 0 Å². The van der Waals surface area contributed by atoms with Crippen LogP contribution in [0.4, 0.5) is 8.78 Å². The molecule has 18 heavy (non-hydrogen) atoms. The van der Waals surface area contributed by atoms with Gasteiger partial charge in [0.2, 0.25) is 0 Å². The van der Waals surface area contributed by atoms with Gasteiger partial charge in [-0.05, 0) is 30.2 Å². The molecule has 0 radical (unpaired) electrons. The van der Waals surface area contributed by atoms with Gasteiger partial charge in [-0.25, -0.2) is 8.78 Å². The Balaban J connectivity index is 2.30. The molecule has 1 aromatic carbocycles. The van der Waals surface area contributed by atoms with Crippen LogP contribution in [0.3, 0.4) is 0 Å². The highest BCUT2D eigenvalue weighted by atomic mass is 19.1. The van der Waals surface area contributed by atoms with Crippen LogP contribution in [0.2, 0.25) is 0 Å². The van der Waals surface area contributed by atoms with Crippen LogP contribution < -0.4 is 0 Å². The van der Waals surface area contributed by atoms with E-state index in [0.717, 1.165) is 18.2 Å². The number of ether oxygens (including phenoxy) is 2. The number of benzene rings is 1. The second kappa shape index (κ2) is 8.13. The first-order chi connectivity index (χ1) is 8.63. The largest absolute Gasteiger partial charge is 0.393 e. The van der Waals surface area contributed by atoms with Crippen LogP contribution in [0.15, 0.2) is 18.2 Å². The topological polar surface area (TPSA) is 38.7 Å². The number of hydrogen-bond donors (Lipinski definition) is 1. The summed E-state index contributed by atoms with van der Waals surface area (Å²) in [6.07, 6.45) is -0.291. The Morgan fingerprint density at radius 2 is 2.00 bits per heavy atom. The van der Waals surface area contributed by atoms with E-state index in [0.29, 0.717) is 26.2 Å². The van der Waals surface area contributed by atoms with Crippen molar-refractivity contribution >= 4 is 0 Å². The maximum Gasteiger partial charge on any atom is 0.126 e. The minimum Gasteiger partial charge on any atom is -0.393 e. The Labute approximate surface area is 105 Å². The predicted molar refractivity (Wildman–Crippen MR) is 63.4 cm³/mol. The lowest BCUT2D eigenvalue weighted by atomic mass is 10.1. The van der Waals surface area contributed by atoms with Gasteiger partial charge in [0, 0.05) is 20.1 Å². The smallest absolute Gasteiger partial charge is 0.126 e. The van der Waals surface area contributed by atoms with Crippen molar-refractivity contribution in [1.82, 2.24) is 0 Å². The molecule has 0 heterocycles. The third-order valence-electron chi connectivity index (χ3n) is 2.49. The van der Waals surface area contributed by atoms with Crippen LogP contribution in [0.1, 0.15) is 12.0 Å². The summed E-state index contributed by atoms with van der Waals surface area (Å²) in [6, 6.07) is 3.22. The Bertz CT molecular complexity index is 358. The maximum absolute atomic E-state index is 13.3. The number of halogens is 2. The summed E-state index contributed by atoms with van der Waals surface area (Å²) in [5, 5.41) is 9.67. The lowest BCUT2D eigenvalue weighted by Crippen LogP contribution is -2.15. The van der Waals surface area contributed by atoms with Crippen LogP contribution >= 0.6 is 0 Å². The summed E-state index contributed by atoms with van der Waals surface area (Å²) in [6.45, 7) is 1.31. The monoisotopic (exact) mass is 260 g/mol. The summed E-state index contributed by atoms with van der Waals surface area (Å²) in [5.74, 6) is -1.01. The summed E-state index contributed by atoms with van der Waals surface area (Å²) in [4.78, 5) is 0. The lowest BCUT2D eigenvalue weighted by molar-refractivity contribution is 0.0477. The fourth-order valence-electron chi connectivity index (χ4n) is 1.52. The van der Waals surface area contributed by atoms with E-state index in [-0.39, 0.29) is 12.0 Å². The Morgan fingerprint density at radius 1 is 1.22 bits per heavy atom. The van der Waals surface area contributed by atoms with Gasteiger partial charge in [0.1, 0.15) is 11.6 Å². The normalized spacial score (nSPS) is 12.7. The fourth-order valence-corrected chi connectivity index (χ4v) is 1.52. The zero-order chi connectivity index (χ0) is 13.4. The number of aliphatic hydroxyl groups excluding tert-OH is 1. The minimum atomic E-state index is -0.746. The Kier molecular flexibility index (Phi) is 6.78. The van der Waals surface area contributed by atoms with Crippen molar-refractivity contribution in [2.45, 2.75) is 18.9 Å². The van der Waals surface area contributed by atoms with Crippen LogP contribution in [-0.2, 0) is 15.9 Å². The summed E-state index contributed by atoms with van der Waals surface area (Å²) in [7, 11) is 1.57. The minimum absolute atomic E-state index is 0.0806. The van der Waals surface area contributed by atoms with Gasteiger partial charge in [-0.15, -0.1) is 0 Å². The van der Waals surface area contributed by atoms with Crippen LogP contribution in [0.5, 0.6) is 0 Å². The van der Waals surface area contributed by atoms with E-state index in [9.17, 15) is 13.9 Å². The molecule has 0 spiro atoms. The van der Waals surface area contributed by atoms with Crippen LogP contribution in [0.25, 0.3) is 0 Å². The Hall–Kier alpha value is -1.04. The first-order valence-electron chi connectivity index (χ1n) is 5.82. The molecule has 102 valence electrons. The van der Waals surface area contributed by atoms with Crippen molar-refractivity contribution in [3.05, 3.63) is 35.4 Å². The number of methoxy groups -OCH3 is 1. The molecule has 0 amide bonds. The summed E-state index contributed by atoms with van der Waals surface area (Å²) in [5.41, 5.74) is 0.180. The third-order valence-corrected chi connectivity index (χ3v) is 2.49. The number of aliphatic hydroxyl groups is 1. The average Bonchev–Trinajstić information content (AvgIpc) is 2.33. The molecule has 1 aromatic rings. The molecule has 0 saturated heterocycles. The molecule has 0 fully saturated rings. The van der Waals surface area contributed by atoms with Crippen molar-refractivity contribution < 1.29 is 23.4 Å². The summed E-state index contributed by atoms with van der Waals surface area (Å²) < 4.78 is 36.2. The van der Waals surface area contributed by atoms with Crippen molar-refractivity contribution in [2.24, 2.45) is 0 Å². The number of hydrogen-bond acceptors (Lipinski definition) is 3. The standard InChI is InChI=1S/C13H18F2O3/c1-17-6-7-18-5-4-12(16)9-10-8-11(14)2-3-13(10)15/h2-3,8,12,16H,4-7,9H2,1H3. The molecule has 0 aliphatic heterocycles. The maximum atomic E-state index is 13.3. The highest BCUT2D eigenvalue weighted by Crippen LogP contribution is 2.13. The summed E-state index contributed by atoms with van der Waals surface area (Å²) >= 11 is 0. The first-order valence-corrected chi connectivity index (χ1v) is 5.82. The molecule has 0 aliphatic rings. The van der Waals surface area contributed by atoms with E-state index >= 15 is 0 Å². The van der Waals surface area contributed by atoms with E-state index in [2.05, 4.69) is 0 Å². The molecule has 0 bridgehead atoms. The van der Waals surface area contributed by atoms with Gasteiger partial charge in [-0.3, -0.25) is 0 Å². The molecule has 1 N–H and O–H groups in total. The third kappa shape index (κ3) is 5.53. The average molecular weight is 260 g/mol. The molecular weight excluding hydrogens is 242 g/mol. The van der Waals surface area contributed by atoms with Gasteiger partial charge in [0.05, 0.1) is 19.3 Å². The highest BCUT2D eigenvalue weighted by Gasteiger charge is 2.10. The second-order valence-corrected chi connectivity index (χ2v) is 3.99. The van der Waals surface area contributed by atoms with Crippen LogP contribution in [-0.4, -0.2) is 38.1 Å². The molecular formula is C13H18F2O3. The molecule has 1 rings (SSSR count). The zero-order valence-corrected chi connectivity index (χ0v) is 10.4. The molecule has 0 aromatic heterocycles. The van der Waals surface area contributed by atoms with E-state index in [1.807, 2.05) is 0 Å². The lowest BCUT2D eigenvalue weighted by Gasteiger charge is -2.11. The van der Waals surface area contributed by atoms with E-state index < -0.39 is 17.7 Å². The Morgan fingerprint density at radius 3 is 2.72 bits per heavy atom. The zero-order valence-electron chi connectivity index (χ0n) is 10.4. The highest BCUT2D eigenvalue weighted by molar-refractivity contribution is 5.19. The van der Waals surface area contributed by atoms with Gasteiger partial charge < -0.3 is 14.6 Å². The molecule has 1 atom stereocenters. The fraction of sp³-hybridized carbons (Fsp3) is 0.538. The SMILES string of the molecule is COCCOCCC(O)Cc1cc(F)ccc1F. The number of rotatable bonds is 8. The van der Waals surface area contributed by atoms with Crippen molar-refractivity contribution in [3.8, 4) is 0 Å². The molecule has 0 aliphatic carbocycles. The van der Waals surface area contributed by atoms with E-state index in [1.54, 1.807) is 7.11 Å². The van der Waals surface area contributed by atoms with Crippen molar-refractivity contribution in [2.75, 3.05) is 26.9 Å². The van der Waals surface area contributed by atoms with Crippen molar-refractivity contribution in [1.29, 1.82) is 0 Å². The molecule has 0 saturated carbocycles. The van der Waals surface area contributed by atoms with Gasteiger partial charge in [0.25, 0.3) is 0 Å². The molecule has 1 unspecified atom stereocenters. The van der Waals surface area contributed by atoms with Gasteiger partial charge >= 0.3 is 0 Å². The van der Waals surface area contributed by atoms with Crippen molar-refractivity contribution in [3.63, 3.8) is 0 Å².